The minimum absolute atomic E-state index is 0. The van der Waals surface area contributed by atoms with Crippen molar-refractivity contribution in [1.82, 2.24) is 0 Å². The number of nitrogens with zero attached hydrogens (tertiary/aromatic N) is 1. The molecule has 0 unspecified atom stereocenters. The summed E-state index contributed by atoms with van der Waals surface area (Å²) >= 11 is 0. The Hall–Kier alpha value is -1.17. The third kappa shape index (κ3) is 6.00. The zero-order chi connectivity index (χ0) is 10.2. The van der Waals surface area contributed by atoms with Crippen molar-refractivity contribution in [3.8, 4) is 0 Å². The van der Waals surface area contributed by atoms with E-state index in [-0.39, 0.29) is 25.5 Å². The summed E-state index contributed by atoms with van der Waals surface area (Å²) in [5.74, 6) is 0. The molecule has 0 aliphatic heterocycles. The van der Waals surface area contributed by atoms with Gasteiger partial charge in [-0.2, -0.15) is 0 Å². The molecule has 0 radical (unpaired) electrons. The third-order valence-corrected chi connectivity index (χ3v) is 1.52. The van der Waals surface area contributed by atoms with E-state index in [0.717, 1.165) is 0 Å². The van der Waals surface area contributed by atoms with E-state index in [2.05, 4.69) is 5.32 Å². The molecule has 0 spiro atoms. The molecule has 74 valence electrons. The second-order valence-corrected chi connectivity index (χ2v) is 2.59. The predicted molar refractivity (Wildman–Crippen MR) is 55.6 cm³/mol. The summed E-state index contributed by atoms with van der Waals surface area (Å²) in [5, 5.41) is 3.74. The summed E-state index contributed by atoms with van der Waals surface area (Å²) in [6, 6.07) is 8.99. The monoisotopic (exact) mass is 197 g/mol. The van der Waals surface area contributed by atoms with Gasteiger partial charge in [-0.05, 0) is 6.92 Å². The van der Waals surface area contributed by atoms with Crippen LogP contribution in [0.2, 0.25) is 0 Å². The van der Waals surface area contributed by atoms with Gasteiger partial charge in [0.1, 0.15) is 6.61 Å². The van der Waals surface area contributed by atoms with E-state index in [4.69, 9.17) is 4.74 Å². The molecule has 15 heavy (non-hydrogen) atoms. The minimum atomic E-state index is -0.561. The number of carbonyl (C=O) groups excluding carboxylic acids is 1. The number of ether oxygens (including phenoxy) is 1. The fourth-order valence-electron chi connectivity index (χ4n) is 0.856. The molecule has 1 rings (SSSR count). The molecule has 0 heterocycles. The number of carbonyl (C=O) groups is 1. The third-order valence-electron chi connectivity index (χ3n) is 1.52. The van der Waals surface area contributed by atoms with Crippen molar-refractivity contribution in [2.24, 2.45) is 0 Å². The van der Waals surface area contributed by atoms with E-state index in [1.54, 1.807) is 18.2 Å². The number of amides is 1. The van der Waals surface area contributed by atoms with Crippen LogP contribution in [0, 0.1) is 0 Å². The Labute approximate surface area is 102 Å². The molecule has 0 aliphatic carbocycles. The van der Waals surface area contributed by atoms with Gasteiger partial charge in [0.15, 0.2) is 0 Å². The van der Waals surface area contributed by atoms with Gasteiger partial charge in [-0.25, -0.2) is 0 Å². The van der Waals surface area contributed by atoms with Crippen LogP contribution in [-0.4, -0.2) is 12.7 Å². The Morgan fingerprint density at radius 3 is 2.67 bits per heavy atom. The van der Waals surface area contributed by atoms with E-state index in [1.807, 2.05) is 31.2 Å². The molecule has 0 aromatic heterocycles. The van der Waals surface area contributed by atoms with Crippen LogP contribution in [0.3, 0.4) is 0 Å². The second kappa shape index (κ2) is 8.16. The molecule has 1 aromatic carbocycles. The van der Waals surface area contributed by atoms with Gasteiger partial charge in [0.25, 0.3) is 0 Å². The number of rotatable bonds is 3. The first-order valence-corrected chi connectivity index (χ1v) is 4.37. The van der Waals surface area contributed by atoms with Crippen molar-refractivity contribution in [2.75, 3.05) is 6.61 Å². The fraction of sp³-hybridized carbons (Fsp3) is 0.182. The average Bonchev–Trinajstić information content (AvgIpc) is 2.20. The zero-order valence-corrected chi connectivity index (χ0v) is 9.01. The normalized spacial score (nSPS) is 9.40. The Balaban J connectivity index is 0.00000196. The summed E-state index contributed by atoms with van der Waals surface area (Å²) < 4.78 is 4.79. The SMILES string of the molecule is C/C=C\COC(=O)[N-]c1ccccc1.[Li+]. The Kier molecular flexibility index (Phi) is 7.52. The molecular weight excluding hydrogens is 185 g/mol. The number of hydrogen-bond acceptors (Lipinski definition) is 2. The van der Waals surface area contributed by atoms with Gasteiger partial charge in [0.2, 0.25) is 6.09 Å². The van der Waals surface area contributed by atoms with Crippen molar-refractivity contribution in [3.05, 3.63) is 47.8 Å². The first-order valence-electron chi connectivity index (χ1n) is 4.37. The molecule has 1 aromatic rings. The minimum Gasteiger partial charge on any atom is -0.591 e. The summed E-state index contributed by atoms with van der Waals surface area (Å²) in [4.78, 5) is 11.1. The standard InChI is InChI=1S/C11H13NO2.Li/c1-2-3-9-14-11(13)12-10-7-5-4-6-8-10;/h2-8H,9H2,1H3,(H,12,13);/q;+1/p-1/b3-2-;. The summed E-state index contributed by atoms with van der Waals surface area (Å²) in [6.07, 6.45) is 3.00. The van der Waals surface area contributed by atoms with Crippen LogP contribution in [0.25, 0.3) is 5.32 Å². The Bertz CT molecular complexity index is 312. The molecule has 3 nitrogen and oxygen atoms in total. The number of hydrogen-bond donors (Lipinski definition) is 0. The van der Waals surface area contributed by atoms with Crippen molar-refractivity contribution >= 4 is 11.8 Å². The van der Waals surface area contributed by atoms with Crippen molar-refractivity contribution in [1.29, 1.82) is 0 Å². The summed E-state index contributed by atoms with van der Waals surface area (Å²) in [7, 11) is 0. The molecule has 0 aliphatic rings. The predicted octanol–water partition coefficient (Wildman–Crippen LogP) is 0.408. The smallest absolute Gasteiger partial charge is 0.591 e. The van der Waals surface area contributed by atoms with Crippen molar-refractivity contribution in [2.45, 2.75) is 6.92 Å². The summed E-state index contributed by atoms with van der Waals surface area (Å²) in [6.45, 7) is 2.13. The molecule has 4 heteroatoms. The molecule has 0 N–H and O–H groups in total. The van der Waals surface area contributed by atoms with Gasteiger partial charge in [-0.15, -0.1) is 5.69 Å². The van der Waals surface area contributed by atoms with Gasteiger partial charge in [0, 0.05) is 0 Å². The first kappa shape index (κ1) is 13.8. The summed E-state index contributed by atoms with van der Waals surface area (Å²) in [5.41, 5.74) is 0.609. The van der Waals surface area contributed by atoms with Crippen LogP contribution in [0.1, 0.15) is 6.92 Å². The number of para-hydroxylation sites is 1. The van der Waals surface area contributed by atoms with E-state index < -0.39 is 6.09 Å². The van der Waals surface area contributed by atoms with Crippen LogP contribution >= 0.6 is 0 Å². The molecule has 0 fully saturated rings. The number of allylic oxidation sites excluding steroid dienone is 1. The molecular formula is C11H12LiNO2. The fourth-order valence-corrected chi connectivity index (χ4v) is 0.856. The average molecular weight is 197 g/mol. The van der Waals surface area contributed by atoms with Crippen LogP contribution in [0.4, 0.5) is 10.5 Å². The molecule has 0 saturated carbocycles. The van der Waals surface area contributed by atoms with Gasteiger partial charge >= 0.3 is 18.9 Å². The molecule has 0 saturated heterocycles. The van der Waals surface area contributed by atoms with Gasteiger partial charge < -0.3 is 10.1 Å². The van der Waals surface area contributed by atoms with Crippen LogP contribution in [0.15, 0.2) is 42.5 Å². The van der Waals surface area contributed by atoms with E-state index in [0.29, 0.717) is 5.69 Å². The van der Waals surface area contributed by atoms with Crippen LogP contribution in [0.5, 0.6) is 0 Å². The van der Waals surface area contributed by atoms with Crippen LogP contribution in [-0.2, 0) is 4.74 Å². The maximum Gasteiger partial charge on any atom is 1.00 e. The van der Waals surface area contributed by atoms with Gasteiger partial charge in [-0.3, -0.25) is 4.79 Å². The maximum absolute atomic E-state index is 11.1. The molecule has 1 amide bonds. The zero-order valence-electron chi connectivity index (χ0n) is 9.01. The quantitative estimate of drug-likeness (QED) is 0.520. The van der Waals surface area contributed by atoms with Crippen molar-refractivity contribution < 1.29 is 28.4 Å². The van der Waals surface area contributed by atoms with E-state index in [1.165, 1.54) is 0 Å². The maximum atomic E-state index is 11.1. The van der Waals surface area contributed by atoms with Gasteiger partial charge in [-0.1, -0.05) is 42.5 Å². The van der Waals surface area contributed by atoms with E-state index >= 15 is 0 Å². The first-order chi connectivity index (χ1) is 6.83. The largest absolute Gasteiger partial charge is 1.00 e. The number of benzene rings is 1. The molecule has 0 atom stereocenters. The Morgan fingerprint density at radius 2 is 2.07 bits per heavy atom. The van der Waals surface area contributed by atoms with Gasteiger partial charge in [0.05, 0.1) is 0 Å². The van der Waals surface area contributed by atoms with E-state index in [9.17, 15) is 4.79 Å². The topological polar surface area (TPSA) is 40.4 Å². The second-order valence-electron chi connectivity index (χ2n) is 2.59. The van der Waals surface area contributed by atoms with Crippen molar-refractivity contribution in [3.63, 3.8) is 0 Å². The van der Waals surface area contributed by atoms with Crippen LogP contribution < -0.4 is 18.9 Å². The Morgan fingerprint density at radius 1 is 1.40 bits per heavy atom. The molecule has 0 bridgehead atoms.